The van der Waals surface area contributed by atoms with Crippen molar-refractivity contribution >= 4 is 22.6 Å². The van der Waals surface area contributed by atoms with Gasteiger partial charge >= 0.3 is 6.03 Å². The molecule has 124 valence electrons. The molecule has 2 amide bonds. The van der Waals surface area contributed by atoms with Crippen LogP contribution < -0.4 is 5.32 Å². The number of nitrogens with zero attached hydrogens (tertiary/aromatic N) is 2. The van der Waals surface area contributed by atoms with Crippen molar-refractivity contribution in [2.45, 2.75) is 26.0 Å². The van der Waals surface area contributed by atoms with E-state index in [9.17, 15) is 4.79 Å². The van der Waals surface area contributed by atoms with E-state index >= 15 is 0 Å². The lowest BCUT2D eigenvalue weighted by Gasteiger charge is -2.38. The average molecular weight is 317 g/mol. The molecule has 6 nitrogen and oxygen atoms in total. The number of likely N-dealkylation sites (tertiary alicyclic amines) is 1. The highest BCUT2D eigenvalue weighted by Crippen LogP contribution is 2.22. The number of ether oxygens (including phenoxy) is 1. The van der Waals surface area contributed by atoms with Crippen LogP contribution in [0.1, 0.15) is 13.3 Å². The minimum Gasteiger partial charge on any atom is -0.394 e. The fourth-order valence-electron chi connectivity index (χ4n) is 2.83. The summed E-state index contributed by atoms with van der Waals surface area (Å²) in [6, 6.07) is 7.95. The van der Waals surface area contributed by atoms with Gasteiger partial charge in [0.25, 0.3) is 0 Å². The summed E-state index contributed by atoms with van der Waals surface area (Å²) in [6.07, 6.45) is 3.19. The Hall–Kier alpha value is -2.05. The maximum absolute atomic E-state index is 12.2. The Balaban J connectivity index is 1.60. The number of benzene rings is 1. The fraction of sp³-hybridized carbons (Fsp3) is 0.471. The second-order valence-corrected chi connectivity index (χ2v) is 5.83. The van der Waals surface area contributed by atoms with Gasteiger partial charge in [-0.25, -0.2) is 4.79 Å². The van der Waals surface area contributed by atoms with E-state index in [1.54, 1.807) is 4.90 Å². The van der Waals surface area contributed by atoms with Crippen LogP contribution >= 0.6 is 0 Å². The Morgan fingerprint density at radius 2 is 2.22 bits per heavy atom. The number of aliphatic hydroxyl groups is 1. The highest BCUT2D eigenvalue weighted by Gasteiger charge is 2.31. The molecule has 0 radical (unpaired) electrons. The summed E-state index contributed by atoms with van der Waals surface area (Å²) in [7, 11) is 0. The second-order valence-electron chi connectivity index (χ2n) is 5.83. The molecule has 3 rings (SSSR count). The molecule has 1 aromatic carbocycles. The molecule has 23 heavy (non-hydrogen) atoms. The maximum Gasteiger partial charge on any atom is 0.322 e. The molecule has 1 saturated heterocycles. The molecule has 0 aliphatic carbocycles. The van der Waals surface area contributed by atoms with Gasteiger partial charge in [-0.1, -0.05) is 13.0 Å². The monoisotopic (exact) mass is 317 g/mol. The maximum atomic E-state index is 12.2. The van der Waals surface area contributed by atoms with Gasteiger partial charge < -0.3 is 24.6 Å². The summed E-state index contributed by atoms with van der Waals surface area (Å²) in [6.45, 7) is 4.60. The Kier molecular flexibility index (Phi) is 4.83. The summed E-state index contributed by atoms with van der Waals surface area (Å²) in [5.41, 5.74) is 1.94. The number of aryl methyl sites for hydroxylation is 1. The quantitative estimate of drug-likeness (QED) is 0.859. The van der Waals surface area contributed by atoms with Crippen LogP contribution in [0.2, 0.25) is 0 Å². The predicted octanol–water partition coefficient (Wildman–Crippen LogP) is 2.28. The Bertz CT molecular complexity index is 677. The third kappa shape index (κ3) is 3.48. The lowest BCUT2D eigenvalue weighted by molar-refractivity contribution is -0.0440. The van der Waals surface area contributed by atoms with Crippen molar-refractivity contribution < 1.29 is 14.6 Å². The fourth-order valence-corrected chi connectivity index (χ4v) is 2.83. The van der Waals surface area contributed by atoms with Gasteiger partial charge in [-0.15, -0.1) is 0 Å². The number of anilines is 1. The zero-order valence-corrected chi connectivity index (χ0v) is 13.4. The first-order valence-corrected chi connectivity index (χ1v) is 8.08. The zero-order chi connectivity index (χ0) is 16.2. The molecule has 6 heteroatoms. The minimum absolute atomic E-state index is 0.0140. The molecule has 1 aliphatic rings. The number of aliphatic hydroxyl groups excluding tert-OH is 1. The molecule has 0 saturated carbocycles. The molecule has 0 spiro atoms. The van der Waals surface area contributed by atoms with Gasteiger partial charge in [0, 0.05) is 18.4 Å². The number of urea groups is 1. The van der Waals surface area contributed by atoms with Crippen molar-refractivity contribution in [3.8, 4) is 0 Å². The Morgan fingerprint density at radius 3 is 2.96 bits per heavy atom. The lowest BCUT2D eigenvalue weighted by atomic mass is 10.2. The molecule has 0 unspecified atom stereocenters. The van der Waals surface area contributed by atoms with Crippen LogP contribution in [-0.4, -0.2) is 53.0 Å². The molecule has 1 fully saturated rings. The highest BCUT2D eigenvalue weighted by atomic mass is 16.5. The smallest absolute Gasteiger partial charge is 0.322 e. The van der Waals surface area contributed by atoms with Crippen LogP contribution in [0, 0.1) is 0 Å². The third-order valence-corrected chi connectivity index (χ3v) is 4.07. The molecular weight excluding hydrogens is 294 g/mol. The first-order valence-electron chi connectivity index (χ1n) is 8.08. The highest BCUT2D eigenvalue weighted by molar-refractivity contribution is 5.93. The minimum atomic E-state index is -0.109. The van der Waals surface area contributed by atoms with Crippen LogP contribution in [0.15, 0.2) is 30.5 Å². The van der Waals surface area contributed by atoms with Crippen LogP contribution in [0.3, 0.4) is 0 Å². The van der Waals surface area contributed by atoms with E-state index in [1.807, 2.05) is 18.2 Å². The van der Waals surface area contributed by atoms with Gasteiger partial charge in [-0.2, -0.15) is 0 Å². The molecule has 0 atom stereocenters. The van der Waals surface area contributed by atoms with E-state index in [1.165, 1.54) is 5.39 Å². The first kappa shape index (κ1) is 15.8. The average Bonchev–Trinajstić information content (AvgIpc) is 2.89. The number of rotatable bonds is 6. The van der Waals surface area contributed by atoms with Gasteiger partial charge in [0.2, 0.25) is 0 Å². The molecule has 2 aromatic rings. The van der Waals surface area contributed by atoms with E-state index in [-0.39, 0.29) is 18.7 Å². The third-order valence-electron chi connectivity index (χ3n) is 4.07. The van der Waals surface area contributed by atoms with E-state index in [4.69, 9.17) is 9.84 Å². The Labute approximate surface area is 135 Å². The van der Waals surface area contributed by atoms with Gasteiger partial charge in [0.1, 0.15) is 0 Å². The lowest BCUT2D eigenvalue weighted by Crippen LogP contribution is -2.56. The standard InChI is InChI=1S/C17H23N3O3/c1-2-6-19-7-5-13-3-4-14(10-16(13)19)18-17(22)20-11-15(12-20)23-9-8-21/h3-5,7,10,15,21H,2,6,8-9,11-12H2,1H3,(H,18,22). The van der Waals surface area contributed by atoms with Gasteiger partial charge in [-0.05, 0) is 30.0 Å². The van der Waals surface area contributed by atoms with Crippen molar-refractivity contribution in [2.24, 2.45) is 0 Å². The molecule has 2 N–H and O–H groups in total. The van der Waals surface area contributed by atoms with E-state index in [0.717, 1.165) is 24.2 Å². The summed E-state index contributed by atoms with van der Waals surface area (Å²) < 4.78 is 7.57. The molecule has 0 bridgehead atoms. The topological polar surface area (TPSA) is 66.7 Å². The number of aromatic nitrogens is 1. The number of hydrogen-bond donors (Lipinski definition) is 2. The summed E-state index contributed by atoms with van der Waals surface area (Å²) in [5.74, 6) is 0. The number of hydrogen-bond acceptors (Lipinski definition) is 3. The largest absolute Gasteiger partial charge is 0.394 e. The second kappa shape index (κ2) is 7.02. The van der Waals surface area contributed by atoms with Crippen LogP contribution in [0.5, 0.6) is 0 Å². The van der Waals surface area contributed by atoms with Crippen molar-refractivity contribution in [2.75, 3.05) is 31.6 Å². The number of fused-ring (bicyclic) bond motifs is 1. The molecular formula is C17H23N3O3. The van der Waals surface area contributed by atoms with E-state index < -0.39 is 0 Å². The molecule has 2 heterocycles. The van der Waals surface area contributed by atoms with Crippen molar-refractivity contribution in [3.05, 3.63) is 30.5 Å². The number of nitrogens with one attached hydrogen (secondary N) is 1. The van der Waals surface area contributed by atoms with E-state index in [2.05, 4.69) is 29.1 Å². The van der Waals surface area contributed by atoms with Gasteiger partial charge in [0.05, 0.1) is 37.9 Å². The summed E-state index contributed by atoms with van der Waals surface area (Å²) in [4.78, 5) is 13.9. The van der Waals surface area contributed by atoms with Crippen molar-refractivity contribution in [1.29, 1.82) is 0 Å². The zero-order valence-electron chi connectivity index (χ0n) is 13.4. The Morgan fingerprint density at radius 1 is 1.39 bits per heavy atom. The first-order chi connectivity index (χ1) is 11.2. The van der Waals surface area contributed by atoms with Gasteiger partial charge in [0.15, 0.2) is 0 Å². The summed E-state index contributed by atoms with van der Waals surface area (Å²) in [5, 5.41) is 12.8. The van der Waals surface area contributed by atoms with Crippen LogP contribution in [-0.2, 0) is 11.3 Å². The van der Waals surface area contributed by atoms with E-state index in [0.29, 0.717) is 19.7 Å². The van der Waals surface area contributed by atoms with Crippen molar-refractivity contribution in [3.63, 3.8) is 0 Å². The number of carbonyl (C=O) groups excluding carboxylic acids is 1. The van der Waals surface area contributed by atoms with Crippen LogP contribution in [0.4, 0.5) is 10.5 Å². The van der Waals surface area contributed by atoms with Gasteiger partial charge in [-0.3, -0.25) is 0 Å². The number of carbonyl (C=O) groups is 1. The molecule has 1 aliphatic heterocycles. The normalized spacial score (nSPS) is 15.0. The predicted molar refractivity (Wildman–Crippen MR) is 89.6 cm³/mol. The van der Waals surface area contributed by atoms with Crippen molar-refractivity contribution in [1.82, 2.24) is 9.47 Å². The summed E-state index contributed by atoms with van der Waals surface area (Å²) >= 11 is 0. The molecule has 1 aromatic heterocycles. The SMILES string of the molecule is CCCn1ccc2ccc(NC(=O)N3CC(OCCO)C3)cc21. The number of amides is 2. The van der Waals surface area contributed by atoms with Crippen LogP contribution in [0.25, 0.3) is 10.9 Å².